The van der Waals surface area contributed by atoms with Gasteiger partial charge in [0.1, 0.15) is 89.5 Å². The average Bonchev–Trinajstić information content (AvgIpc) is 0.617. The Balaban J connectivity index is 1.02. The number of carboxylic acid groups (broad SMARTS) is 1. The van der Waals surface area contributed by atoms with E-state index in [0.29, 0.717) is 5.02 Å². The van der Waals surface area contributed by atoms with Crippen LogP contribution < -0.4 is 68.2 Å². The number of nitrogens with one attached hydrogen (secondary N) is 8. The molecule has 7 heterocycles. The van der Waals surface area contributed by atoms with Gasteiger partial charge in [0.15, 0.2) is 29.9 Å². The van der Waals surface area contributed by atoms with Gasteiger partial charge in [-0.3, -0.25) is 33.6 Å². The molecule has 0 aromatic heterocycles. The third-order valence-electron chi connectivity index (χ3n) is 23.4. The molecule has 125 heavy (non-hydrogen) atoms. The predicted molar refractivity (Wildman–Crippen MR) is 448 cm³/mol. The number of phenolic OH excluding ortho intramolecular Hbond substituents is 3. The first-order valence-corrected chi connectivity index (χ1v) is 41.5. The molecule has 13 unspecified atom stereocenters. The SMILES string of the molecule is CN[C@H](CC(C)C)C(=O)N[C@H]1C(=O)N[C@@H](CC(N)=O)C(=O)N[C@H]2C(=O)N[C@H]3C(=O)N[C@@H](C(=O)N[C@H](C(=O)O)c4cc(O)cc(O)c4-c4cc3ccc4O)[C@H](OC3CC(C)C(O)C(C)(N)C3)c3ccc(c(Cl)c3)Oc3cc2cc(c3OC2OC(CO)C(O)C(O)C2OC2CC(C)(NCc3ccc(-c4ccc(Cl)cc4)cc3)C(O)C(C)O2)Oc2ccc(cc2Cl)[C@H]1O. The number of benzene rings is 7. The van der Waals surface area contributed by atoms with E-state index in [9.17, 15) is 65.4 Å². The van der Waals surface area contributed by atoms with Gasteiger partial charge in [-0.1, -0.05) is 110 Å². The van der Waals surface area contributed by atoms with Crippen molar-refractivity contribution in [2.45, 2.75) is 207 Å². The topological polar surface area (TPSA) is 552 Å². The minimum atomic E-state index is -2.38. The number of hydrogen-bond donors (Lipinski definition) is 20. The molecule has 7 aromatic carbocycles. The number of likely N-dealkylation sites (N-methyl/N-ethyl adjacent to an activating group) is 1. The summed E-state index contributed by atoms with van der Waals surface area (Å²) in [6.45, 7) is 9.40. The van der Waals surface area contributed by atoms with Crippen molar-refractivity contribution in [3.63, 3.8) is 0 Å². The number of ether oxygens (including phenoxy) is 7. The highest BCUT2D eigenvalue weighted by Crippen LogP contribution is 2.51. The minimum Gasteiger partial charge on any atom is -0.508 e. The van der Waals surface area contributed by atoms with E-state index in [0.717, 1.165) is 65.2 Å². The van der Waals surface area contributed by atoms with Crippen LogP contribution in [-0.2, 0) is 63.8 Å². The number of aliphatic hydroxyl groups excluding tert-OH is 6. The fraction of sp³-hybridized carbons (Fsp3) is 0.425. The van der Waals surface area contributed by atoms with Crippen LogP contribution in [0.4, 0.5) is 0 Å². The molecule has 7 aliphatic heterocycles. The van der Waals surface area contributed by atoms with Gasteiger partial charge in [0.25, 0.3) is 0 Å². The Kier molecular flexibility index (Phi) is 28.0. The Morgan fingerprint density at radius 2 is 1.27 bits per heavy atom. The van der Waals surface area contributed by atoms with Gasteiger partial charge in [0.05, 0.1) is 53.5 Å². The number of phenols is 3. The molecule has 8 aliphatic rings. The number of halogens is 3. The van der Waals surface area contributed by atoms with Crippen LogP contribution in [0.3, 0.4) is 0 Å². The van der Waals surface area contributed by atoms with Crippen molar-refractivity contribution in [3.8, 4) is 68.2 Å². The van der Waals surface area contributed by atoms with E-state index in [1.807, 2.05) is 50.2 Å². The summed E-state index contributed by atoms with van der Waals surface area (Å²) in [4.78, 5) is 121. The number of carbonyl (C=O) groups excluding carboxylic acids is 7. The van der Waals surface area contributed by atoms with Crippen LogP contribution in [0, 0.1) is 11.8 Å². The summed E-state index contributed by atoms with van der Waals surface area (Å²) < 4.78 is 47.0. The predicted octanol–water partition coefficient (Wildman–Crippen LogP) is 5.16. The van der Waals surface area contributed by atoms with Crippen molar-refractivity contribution in [3.05, 3.63) is 176 Å². The molecule has 1 aliphatic carbocycles. The highest BCUT2D eigenvalue weighted by atomic mass is 35.5. The van der Waals surface area contributed by atoms with Crippen molar-refractivity contribution in [1.82, 2.24) is 42.5 Å². The van der Waals surface area contributed by atoms with Gasteiger partial charge in [0, 0.05) is 51.8 Å². The normalized spacial score (nSPS) is 29.7. The Bertz CT molecular complexity index is 5250. The number of aliphatic hydroxyl groups is 6. The summed E-state index contributed by atoms with van der Waals surface area (Å²) >= 11 is 20.9. The molecule has 15 rings (SSSR count). The number of aliphatic carboxylic acids is 1. The van der Waals surface area contributed by atoms with Gasteiger partial charge >= 0.3 is 5.97 Å². The number of nitrogens with two attached hydrogens (primary N) is 2. The number of fused-ring (bicyclic) bond motifs is 15. The van der Waals surface area contributed by atoms with Gasteiger partial charge < -0.3 is 138 Å². The number of aromatic hydroxyl groups is 3. The van der Waals surface area contributed by atoms with E-state index in [2.05, 4.69) is 42.5 Å². The monoisotopic (exact) mass is 1790 g/mol. The second-order valence-corrected chi connectivity index (χ2v) is 34.5. The highest BCUT2D eigenvalue weighted by Gasteiger charge is 2.53. The lowest BCUT2D eigenvalue weighted by Crippen LogP contribution is -2.65. The molecule has 1 saturated carbocycles. The maximum absolute atomic E-state index is 16.6. The van der Waals surface area contributed by atoms with E-state index in [1.165, 1.54) is 37.4 Å². The van der Waals surface area contributed by atoms with E-state index < -0.39 is 255 Å². The van der Waals surface area contributed by atoms with Gasteiger partial charge in [-0.25, -0.2) is 4.79 Å². The van der Waals surface area contributed by atoms with Crippen molar-refractivity contribution in [2.75, 3.05) is 13.7 Å². The fourth-order valence-corrected chi connectivity index (χ4v) is 17.3. The molecular formula is C87H99Cl3N10O25. The second kappa shape index (κ2) is 37.9. The maximum atomic E-state index is 16.6. The van der Waals surface area contributed by atoms with Gasteiger partial charge in [-0.15, -0.1) is 0 Å². The quantitative estimate of drug-likeness (QED) is 0.0497. The molecule has 38 heteroatoms. The first kappa shape index (κ1) is 92.1. The smallest absolute Gasteiger partial charge is 0.330 e. The van der Waals surface area contributed by atoms with Gasteiger partial charge in [-0.2, -0.15) is 0 Å². The standard InChI is InChI=1S/C87H99Cl3N10O25/c1-36(2)22-53(93-7)78(111)99-68-70(106)43-15-20-57(51(89)25-43)121-59-27-45-28-60(74(59)125-85-75(72(108)71(107)61(35-101)123-85)124-63-33-87(6,77(110)38(4)119-63)94-34-39-8-10-40(11-9-39)41-12-17-46(88)18-13-41)122-58-21-16-44(26-52(58)90)73(120-48-23-37(3)76(109)86(5,92)32-48)69-83(116)98-67(84(117)118)50-29-47(102)30-56(104)64(50)49-24-42(14-19-55(49)103)65(80(113)100-69)97-81(114)66(45)96-79(112)54(31-62(91)105)95-82(68)115/h8-21,24-30,36-38,48,53-54,61,63,65-73,75-77,85,93-94,101-104,106-110H,22-23,31-35,92H2,1-7H3,(H2,91,105)(H,95,115)(H,96,112)(H,97,114)(H,98,116)(H,99,111)(H,100,113)(H,117,118)/t37?,38?,48?,53-,54+,61?,63?,65-,66-,67+,68-,69-,70-,71?,72?,73-,75?,76?,77?,85?,86?,87?/m1/s1. The summed E-state index contributed by atoms with van der Waals surface area (Å²) in [5, 5.41) is 138. The zero-order valence-corrected chi connectivity index (χ0v) is 70.9. The van der Waals surface area contributed by atoms with E-state index in [-0.39, 0.29) is 71.4 Å². The van der Waals surface area contributed by atoms with Crippen LogP contribution in [0.5, 0.6) is 46.0 Å². The molecule has 7 aromatic rings. The van der Waals surface area contributed by atoms with Crippen molar-refractivity contribution in [1.29, 1.82) is 0 Å². The number of hydrogen-bond acceptors (Lipinski definition) is 27. The van der Waals surface area contributed by atoms with Crippen molar-refractivity contribution < 1.29 is 123 Å². The van der Waals surface area contributed by atoms with E-state index in [4.69, 9.17) is 79.4 Å². The lowest BCUT2D eigenvalue weighted by Gasteiger charge is -2.48. The molecule has 2 saturated heterocycles. The van der Waals surface area contributed by atoms with Crippen molar-refractivity contribution in [2.24, 2.45) is 23.3 Å². The number of amides is 7. The van der Waals surface area contributed by atoms with Gasteiger partial charge in [0.2, 0.25) is 53.4 Å². The molecule has 3 fully saturated rings. The Labute approximate surface area is 731 Å². The Morgan fingerprint density at radius 1 is 0.656 bits per heavy atom. The van der Waals surface area contributed by atoms with Gasteiger partial charge in [-0.05, 0) is 165 Å². The Morgan fingerprint density at radius 3 is 1.89 bits per heavy atom. The van der Waals surface area contributed by atoms with Crippen LogP contribution in [-0.4, -0.2) is 209 Å². The fourth-order valence-electron chi connectivity index (χ4n) is 16.7. The first-order chi connectivity index (χ1) is 59.2. The number of carboxylic acids is 1. The first-order valence-electron chi connectivity index (χ1n) is 40.4. The molecule has 35 nitrogen and oxygen atoms in total. The Hall–Kier alpha value is -10.6. The van der Waals surface area contributed by atoms with Crippen LogP contribution >= 0.6 is 34.8 Å². The lowest BCUT2D eigenvalue weighted by molar-refractivity contribution is -0.334. The molecule has 0 radical (unpaired) electrons. The lowest BCUT2D eigenvalue weighted by atomic mass is 9.74. The zero-order valence-electron chi connectivity index (χ0n) is 68.6. The summed E-state index contributed by atoms with van der Waals surface area (Å²) in [7, 11) is 1.48. The van der Waals surface area contributed by atoms with Crippen LogP contribution in [0.1, 0.15) is 137 Å². The highest BCUT2D eigenvalue weighted by molar-refractivity contribution is 6.32. The largest absolute Gasteiger partial charge is 0.508 e. The van der Waals surface area contributed by atoms with E-state index in [1.54, 1.807) is 39.8 Å². The molecule has 11 bridgehead atoms. The van der Waals surface area contributed by atoms with Crippen molar-refractivity contribution >= 4 is 82.1 Å². The van der Waals surface area contributed by atoms with Crippen LogP contribution in [0.15, 0.2) is 127 Å². The summed E-state index contributed by atoms with van der Waals surface area (Å²) in [6, 6.07) is 15.0. The van der Waals surface area contributed by atoms with Crippen LogP contribution in [0.2, 0.25) is 15.1 Å². The zero-order chi connectivity index (χ0) is 90.3. The third-order valence-corrected chi connectivity index (χ3v) is 24.2. The molecule has 0 spiro atoms. The molecule has 22 atom stereocenters. The summed E-state index contributed by atoms with van der Waals surface area (Å²) in [6.07, 6.45) is -20.7. The summed E-state index contributed by atoms with van der Waals surface area (Å²) in [5.41, 5.74) is 10.0. The molecule has 22 N–H and O–H groups in total. The minimum absolute atomic E-state index is 0.0337. The summed E-state index contributed by atoms with van der Waals surface area (Å²) in [5.74, 6) is -16.4. The third kappa shape index (κ3) is 20.2. The van der Waals surface area contributed by atoms with Crippen LogP contribution in [0.25, 0.3) is 22.3 Å². The van der Waals surface area contributed by atoms with E-state index >= 15 is 24.0 Å². The molecule has 7 amide bonds. The molecular weight excluding hydrogens is 1690 g/mol. The molecule has 668 valence electrons. The maximum Gasteiger partial charge on any atom is 0.330 e. The number of carbonyl (C=O) groups is 8. The number of primary amides is 1. The second-order valence-electron chi connectivity index (χ2n) is 33.3. The average molecular weight is 1790 g/mol. The number of rotatable bonds is 19.